The molecule has 9 heteroatoms. The number of allylic oxidation sites excluding steroid dienone is 3. The number of hydrogen-bond donors (Lipinski definition) is 2. The van der Waals surface area contributed by atoms with Crippen molar-refractivity contribution < 1.29 is 23.1 Å². The van der Waals surface area contributed by atoms with Gasteiger partial charge in [0.25, 0.3) is 0 Å². The molecule has 0 bridgehead atoms. The summed E-state index contributed by atoms with van der Waals surface area (Å²) >= 11 is 0. The Morgan fingerprint density at radius 3 is 2.35 bits per heavy atom. The second-order valence-corrected chi connectivity index (χ2v) is 15.0. The molecule has 5 nitrogen and oxygen atoms in total. The van der Waals surface area contributed by atoms with E-state index in [2.05, 4.69) is 35.0 Å². The Labute approximate surface area is 214 Å². The van der Waals surface area contributed by atoms with Crippen LogP contribution in [0.5, 0.6) is 0 Å². The van der Waals surface area contributed by atoms with Gasteiger partial charge in [-0.05, 0) is 52.1 Å². The summed E-state index contributed by atoms with van der Waals surface area (Å²) in [7, 11) is -2.36. The molecule has 0 aromatic heterocycles. The van der Waals surface area contributed by atoms with Crippen LogP contribution in [-0.4, -0.2) is 56.3 Å². The minimum Gasteiger partial charge on any atom is -0.478 e. The summed E-state index contributed by atoms with van der Waals surface area (Å²) in [5.41, 5.74) is 5.69. The van der Waals surface area contributed by atoms with Gasteiger partial charge in [-0.3, -0.25) is 4.90 Å². The predicted molar refractivity (Wildman–Crippen MR) is 141 cm³/mol. The van der Waals surface area contributed by atoms with Crippen LogP contribution in [0.2, 0.25) is 13.1 Å². The Morgan fingerprint density at radius 1 is 1.05 bits per heavy atom. The summed E-state index contributed by atoms with van der Waals surface area (Å²) in [5.74, 6) is -6.34. The molecule has 1 atom stereocenters. The summed E-state index contributed by atoms with van der Waals surface area (Å²) in [6.45, 7) is 8.34. The van der Waals surface area contributed by atoms with Gasteiger partial charge in [0, 0.05) is 43.5 Å². The first-order chi connectivity index (χ1) is 17.6. The average Bonchev–Trinajstić information content (AvgIpc) is 2.79. The van der Waals surface area contributed by atoms with E-state index in [1.165, 1.54) is 0 Å². The molecule has 2 aromatic carbocycles. The number of nitrogen functional groups attached to an aromatic ring is 1. The van der Waals surface area contributed by atoms with Gasteiger partial charge in [-0.2, -0.15) is 0 Å². The zero-order chi connectivity index (χ0) is 26.2. The van der Waals surface area contributed by atoms with E-state index in [4.69, 9.17) is 5.73 Å². The molecular formula is C28H28F3N3O2Si. The number of aromatic carboxylic acids is 1. The van der Waals surface area contributed by atoms with Gasteiger partial charge in [0.15, 0.2) is 17.5 Å². The number of likely N-dealkylation sites (tertiary alicyclic amines) is 1. The Kier molecular flexibility index (Phi) is 5.43. The van der Waals surface area contributed by atoms with Crippen LogP contribution in [0.3, 0.4) is 0 Å². The van der Waals surface area contributed by atoms with Crippen molar-refractivity contribution in [2.45, 2.75) is 32.0 Å². The van der Waals surface area contributed by atoms with Crippen molar-refractivity contribution >= 4 is 36.2 Å². The van der Waals surface area contributed by atoms with E-state index in [0.717, 1.165) is 55.1 Å². The molecule has 2 saturated heterocycles. The van der Waals surface area contributed by atoms with E-state index in [-0.39, 0.29) is 11.6 Å². The van der Waals surface area contributed by atoms with Crippen LogP contribution in [0.4, 0.5) is 24.5 Å². The van der Waals surface area contributed by atoms with Gasteiger partial charge in [0.1, 0.15) is 19.3 Å². The largest absolute Gasteiger partial charge is 0.478 e. The van der Waals surface area contributed by atoms with E-state index in [1.807, 2.05) is 24.3 Å². The van der Waals surface area contributed by atoms with E-state index in [1.54, 1.807) is 0 Å². The maximum atomic E-state index is 15.8. The quantitative estimate of drug-likeness (QED) is 0.353. The van der Waals surface area contributed by atoms with E-state index < -0.39 is 48.3 Å². The van der Waals surface area contributed by atoms with Crippen LogP contribution in [0, 0.1) is 17.5 Å². The Morgan fingerprint density at radius 2 is 1.76 bits per heavy atom. The fourth-order valence-corrected chi connectivity index (χ4v) is 9.09. The van der Waals surface area contributed by atoms with Gasteiger partial charge < -0.3 is 15.7 Å². The van der Waals surface area contributed by atoms with Crippen LogP contribution in [-0.2, 0) is 0 Å². The van der Waals surface area contributed by atoms with Crippen LogP contribution >= 0.6 is 0 Å². The highest BCUT2D eigenvalue weighted by Gasteiger charge is 2.43. The van der Waals surface area contributed by atoms with Crippen LogP contribution in [0.1, 0.15) is 34.3 Å². The zero-order valence-electron chi connectivity index (χ0n) is 20.7. The molecule has 0 spiro atoms. The molecule has 2 fully saturated rings. The number of carboxylic acids is 1. The Balaban J connectivity index is 1.68. The van der Waals surface area contributed by atoms with Gasteiger partial charge in [-0.1, -0.05) is 37.4 Å². The van der Waals surface area contributed by atoms with Gasteiger partial charge in [-0.25, -0.2) is 18.0 Å². The maximum absolute atomic E-state index is 15.8. The first-order valence-electron chi connectivity index (χ1n) is 12.6. The molecule has 4 aliphatic rings. The van der Waals surface area contributed by atoms with Crippen molar-refractivity contribution in [3.8, 4) is 0 Å². The summed E-state index contributed by atoms with van der Waals surface area (Å²) in [6, 6.07) is 6.01. The second-order valence-electron chi connectivity index (χ2n) is 10.7. The van der Waals surface area contributed by atoms with Crippen molar-refractivity contribution in [2.75, 3.05) is 36.8 Å². The van der Waals surface area contributed by atoms with Gasteiger partial charge in [-0.15, -0.1) is 0 Å². The third kappa shape index (κ3) is 3.44. The summed E-state index contributed by atoms with van der Waals surface area (Å²) in [4.78, 5) is 16.8. The highest BCUT2D eigenvalue weighted by atomic mass is 28.3. The lowest BCUT2D eigenvalue weighted by molar-refractivity contribution is 0.0689. The van der Waals surface area contributed by atoms with Crippen LogP contribution in [0.25, 0.3) is 5.57 Å². The summed E-state index contributed by atoms with van der Waals surface area (Å²) < 4.78 is 45.2. The maximum Gasteiger partial charge on any atom is 0.339 e. The second kappa shape index (κ2) is 8.36. The topological polar surface area (TPSA) is 69.8 Å². The first kappa shape index (κ1) is 24.1. The van der Waals surface area contributed by atoms with E-state index in [0.29, 0.717) is 11.1 Å². The minimum atomic E-state index is -2.36. The standard InChI is InChI=1S/C28H28F3N3O2Si/c1-37(2)19-13-15(33-9-3-10-33)5-7-17(19)21(18-8-6-16(14-20(18)37)34-11-4-12-34)22-23(28(35)36)24(29)26(31)27(32)25(22)30/h5-8,13-15H,3-4,9-12,32H2,1-2H3,(H,35,36). The molecule has 1 unspecified atom stereocenters. The lowest BCUT2D eigenvalue weighted by Gasteiger charge is -2.43. The average molecular weight is 524 g/mol. The summed E-state index contributed by atoms with van der Waals surface area (Å²) in [5, 5.41) is 11.9. The van der Waals surface area contributed by atoms with Crippen LogP contribution in [0.15, 0.2) is 47.2 Å². The third-order valence-electron chi connectivity index (χ3n) is 8.33. The lowest BCUT2D eigenvalue weighted by Crippen LogP contribution is -2.52. The van der Waals surface area contributed by atoms with Gasteiger partial charge in [0.05, 0.1) is 0 Å². The fraction of sp³-hybridized carbons (Fsp3) is 0.321. The number of anilines is 2. The highest BCUT2D eigenvalue weighted by molar-refractivity contribution is 6.97. The molecule has 6 rings (SSSR count). The number of rotatable bonds is 4. The number of fused-ring (bicyclic) bond motifs is 2. The van der Waals surface area contributed by atoms with Crippen molar-refractivity contribution in [3.63, 3.8) is 0 Å². The number of benzene rings is 2. The van der Waals surface area contributed by atoms with Crippen molar-refractivity contribution in [3.05, 3.63) is 81.3 Å². The summed E-state index contributed by atoms with van der Waals surface area (Å²) in [6.07, 6.45) is 8.36. The van der Waals surface area contributed by atoms with Crippen molar-refractivity contribution in [1.82, 2.24) is 4.90 Å². The molecule has 3 N–H and O–H groups in total. The highest BCUT2D eigenvalue weighted by Crippen LogP contribution is 2.46. The molecule has 0 amide bonds. The first-order valence-corrected chi connectivity index (χ1v) is 15.6. The van der Waals surface area contributed by atoms with E-state index in [9.17, 15) is 14.3 Å². The predicted octanol–water partition coefficient (Wildman–Crippen LogP) is 4.44. The fourth-order valence-electron chi connectivity index (χ4n) is 5.94. The number of nitrogens with zero attached hydrogens (tertiary/aromatic N) is 2. The zero-order valence-corrected chi connectivity index (χ0v) is 21.7. The van der Waals surface area contributed by atoms with Crippen molar-refractivity contribution in [1.29, 1.82) is 0 Å². The SMILES string of the molecule is C[Si]1(C)C2=CC(N3CCC3)C=CC2=C(c2c(F)c(N)c(F)c(F)c2C(=O)O)c2ccc(N3CCC3)cc21. The monoisotopic (exact) mass is 523 g/mol. The van der Waals surface area contributed by atoms with E-state index >= 15 is 8.78 Å². The molecule has 37 heavy (non-hydrogen) atoms. The Bertz CT molecular complexity index is 1460. The van der Waals surface area contributed by atoms with Gasteiger partial charge >= 0.3 is 5.97 Å². The number of nitrogens with two attached hydrogens (primary N) is 1. The number of carbonyl (C=O) groups is 1. The molecular weight excluding hydrogens is 495 g/mol. The number of carboxylic acid groups (broad SMARTS) is 1. The molecule has 1 aliphatic carbocycles. The Hall–Kier alpha value is -3.30. The smallest absolute Gasteiger partial charge is 0.339 e. The molecule has 192 valence electrons. The number of hydrogen-bond acceptors (Lipinski definition) is 4. The molecule has 3 heterocycles. The van der Waals surface area contributed by atoms with Gasteiger partial charge in [0.2, 0.25) is 0 Å². The normalized spacial score (nSPS) is 22.1. The van der Waals surface area contributed by atoms with Crippen molar-refractivity contribution in [2.24, 2.45) is 0 Å². The van der Waals surface area contributed by atoms with Crippen LogP contribution < -0.4 is 15.8 Å². The molecule has 3 aliphatic heterocycles. The molecule has 0 saturated carbocycles. The third-order valence-corrected chi connectivity index (χ3v) is 11.9. The minimum absolute atomic E-state index is 0.0828. The molecule has 0 radical (unpaired) electrons. The molecule has 2 aromatic rings. The number of halogens is 3. The lowest BCUT2D eigenvalue weighted by atomic mass is 9.85.